The van der Waals surface area contributed by atoms with Crippen LogP contribution in [0.15, 0.2) is 27.6 Å². The van der Waals surface area contributed by atoms with Crippen molar-refractivity contribution >= 4 is 26.0 Å². The van der Waals surface area contributed by atoms with E-state index in [1.807, 2.05) is 19.1 Å². The molecule has 0 bridgehead atoms. The van der Waals surface area contributed by atoms with Gasteiger partial charge in [-0.15, -0.1) is 0 Å². The van der Waals surface area contributed by atoms with E-state index in [4.69, 9.17) is 0 Å². The van der Waals surface area contributed by atoms with Gasteiger partial charge in [-0.2, -0.15) is 4.31 Å². The van der Waals surface area contributed by atoms with Crippen molar-refractivity contribution in [1.29, 1.82) is 0 Å². The van der Waals surface area contributed by atoms with Gasteiger partial charge in [-0.3, -0.25) is 0 Å². The predicted molar refractivity (Wildman–Crippen MR) is 80.7 cm³/mol. The summed E-state index contributed by atoms with van der Waals surface area (Å²) in [5.74, 6) is 0. The second-order valence-corrected chi connectivity index (χ2v) is 8.80. The van der Waals surface area contributed by atoms with E-state index < -0.39 is 10.0 Å². The molecule has 5 heteroatoms. The lowest BCUT2D eigenvalue weighted by Gasteiger charge is -2.37. The Morgan fingerprint density at radius 3 is 2.58 bits per heavy atom. The average molecular weight is 346 g/mol. The lowest BCUT2D eigenvalue weighted by Crippen LogP contribution is -2.43. The summed E-state index contributed by atoms with van der Waals surface area (Å²) in [5, 5.41) is 0. The Bertz CT molecular complexity index is 581. The van der Waals surface area contributed by atoms with Crippen LogP contribution in [-0.2, 0) is 10.0 Å². The second kappa shape index (κ2) is 5.19. The van der Waals surface area contributed by atoms with Crippen molar-refractivity contribution in [3.05, 3.63) is 28.2 Å². The Hall–Kier alpha value is -0.390. The van der Waals surface area contributed by atoms with E-state index in [0.717, 1.165) is 18.4 Å². The van der Waals surface area contributed by atoms with Gasteiger partial charge in [0.05, 0.1) is 4.90 Å². The SMILES string of the molecule is Cc1ccc(S(=O)(=O)N2CCCC(C)(C)C2)c(Br)c1. The van der Waals surface area contributed by atoms with E-state index in [0.29, 0.717) is 22.5 Å². The maximum atomic E-state index is 12.7. The fourth-order valence-electron chi connectivity index (χ4n) is 2.53. The maximum absolute atomic E-state index is 12.7. The molecule has 3 nitrogen and oxygen atoms in total. The minimum Gasteiger partial charge on any atom is -0.207 e. The molecule has 1 aromatic carbocycles. The van der Waals surface area contributed by atoms with Crippen LogP contribution in [0.3, 0.4) is 0 Å². The minimum atomic E-state index is -3.39. The molecule has 0 aromatic heterocycles. The molecule has 0 unspecified atom stereocenters. The Balaban J connectivity index is 2.37. The summed E-state index contributed by atoms with van der Waals surface area (Å²) in [6.07, 6.45) is 2.00. The molecule has 2 rings (SSSR count). The Morgan fingerprint density at radius 2 is 2.00 bits per heavy atom. The van der Waals surface area contributed by atoms with E-state index in [2.05, 4.69) is 29.8 Å². The van der Waals surface area contributed by atoms with Gasteiger partial charge in [-0.1, -0.05) is 19.9 Å². The number of benzene rings is 1. The highest BCUT2D eigenvalue weighted by Crippen LogP contribution is 2.33. The maximum Gasteiger partial charge on any atom is 0.244 e. The molecule has 1 heterocycles. The molecular weight excluding hydrogens is 326 g/mol. The molecular formula is C14H20BrNO2S. The quantitative estimate of drug-likeness (QED) is 0.821. The smallest absolute Gasteiger partial charge is 0.207 e. The number of piperidine rings is 1. The van der Waals surface area contributed by atoms with Crippen molar-refractivity contribution in [3.8, 4) is 0 Å². The Kier molecular flexibility index (Phi) is 4.10. The van der Waals surface area contributed by atoms with Crippen LogP contribution in [0.25, 0.3) is 0 Å². The van der Waals surface area contributed by atoms with E-state index in [1.54, 1.807) is 10.4 Å². The molecule has 1 saturated heterocycles. The van der Waals surface area contributed by atoms with Crippen molar-refractivity contribution in [2.75, 3.05) is 13.1 Å². The van der Waals surface area contributed by atoms with E-state index >= 15 is 0 Å². The fourth-order valence-corrected chi connectivity index (χ4v) is 5.35. The number of aryl methyl sites for hydroxylation is 1. The van der Waals surface area contributed by atoms with Crippen LogP contribution < -0.4 is 0 Å². The summed E-state index contributed by atoms with van der Waals surface area (Å²) < 4.78 is 27.7. The third-order valence-electron chi connectivity index (χ3n) is 3.57. The summed E-state index contributed by atoms with van der Waals surface area (Å²) in [6, 6.07) is 5.38. The topological polar surface area (TPSA) is 37.4 Å². The van der Waals surface area contributed by atoms with Crippen LogP contribution in [0.5, 0.6) is 0 Å². The second-order valence-electron chi connectivity index (χ2n) is 6.04. The van der Waals surface area contributed by atoms with Crippen molar-refractivity contribution in [3.63, 3.8) is 0 Å². The molecule has 0 spiro atoms. The average Bonchev–Trinajstić information content (AvgIpc) is 2.27. The summed E-state index contributed by atoms with van der Waals surface area (Å²) in [5.41, 5.74) is 1.10. The van der Waals surface area contributed by atoms with Gasteiger partial charge < -0.3 is 0 Å². The largest absolute Gasteiger partial charge is 0.244 e. The highest BCUT2D eigenvalue weighted by Gasteiger charge is 2.34. The number of hydrogen-bond donors (Lipinski definition) is 0. The number of hydrogen-bond acceptors (Lipinski definition) is 2. The molecule has 106 valence electrons. The number of halogens is 1. The Labute approximate surface area is 124 Å². The number of rotatable bonds is 2. The summed E-state index contributed by atoms with van der Waals surface area (Å²) in [6.45, 7) is 7.41. The first-order valence-electron chi connectivity index (χ1n) is 6.49. The third kappa shape index (κ3) is 3.20. The van der Waals surface area contributed by atoms with Crippen molar-refractivity contribution < 1.29 is 8.42 Å². The summed E-state index contributed by atoms with van der Waals surface area (Å²) in [4.78, 5) is 0.371. The first kappa shape index (κ1) is 15.0. The highest BCUT2D eigenvalue weighted by atomic mass is 79.9. The zero-order valence-electron chi connectivity index (χ0n) is 11.6. The van der Waals surface area contributed by atoms with Gasteiger partial charge in [-0.25, -0.2) is 8.42 Å². The molecule has 1 aliphatic heterocycles. The molecule has 19 heavy (non-hydrogen) atoms. The van der Waals surface area contributed by atoms with Gasteiger partial charge in [0, 0.05) is 17.6 Å². The molecule has 0 atom stereocenters. The van der Waals surface area contributed by atoms with Crippen LogP contribution in [0.1, 0.15) is 32.3 Å². The summed E-state index contributed by atoms with van der Waals surface area (Å²) in [7, 11) is -3.39. The molecule has 0 amide bonds. The van der Waals surface area contributed by atoms with Crippen LogP contribution in [0.4, 0.5) is 0 Å². The molecule has 0 radical (unpaired) electrons. The molecule has 1 aliphatic rings. The molecule has 0 aliphatic carbocycles. The molecule has 1 aromatic rings. The van der Waals surface area contributed by atoms with Crippen molar-refractivity contribution in [1.82, 2.24) is 4.31 Å². The molecule has 0 N–H and O–H groups in total. The van der Waals surface area contributed by atoms with Gasteiger partial charge in [0.2, 0.25) is 10.0 Å². The number of sulfonamides is 1. The van der Waals surface area contributed by atoms with Crippen LogP contribution in [0.2, 0.25) is 0 Å². The zero-order valence-corrected chi connectivity index (χ0v) is 14.0. The monoisotopic (exact) mass is 345 g/mol. The highest BCUT2D eigenvalue weighted by molar-refractivity contribution is 9.10. The third-order valence-corrected chi connectivity index (χ3v) is 6.39. The van der Waals surface area contributed by atoms with Crippen LogP contribution >= 0.6 is 15.9 Å². The normalized spacial score (nSPS) is 20.4. The van der Waals surface area contributed by atoms with Crippen molar-refractivity contribution in [2.45, 2.75) is 38.5 Å². The fraction of sp³-hybridized carbons (Fsp3) is 0.571. The van der Waals surface area contributed by atoms with Gasteiger partial charge >= 0.3 is 0 Å². The van der Waals surface area contributed by atoms with Crippen LogP contribution in [0, 0.1) is 12.3 Å². The standard InChI is InChI=1S/C14H20BrNO2S/c1-11-5-6-13(12(15)9-11)19(17,18)16-8-4-7-14(2,3)10-16/h5-6,9H,4,7-8,10H2,1-3H3. The van der Waals surface area contributed by atoms with Crippen LogP contribution in [-0.4, -0.2) is 25.8 Å². The lowest BCUT2D eigenvalue weighted by molar-refractivity contribution is 0.187. The minimum absolute atomic E-state index is 0.0580. The first-order valence-corrected chi connectivity index (χ1v) is 8.72. The first-order chi connectivity index (χ1) is 8.72. The molecule has 1 fully saturated rings. The summed E-state index contributed by atoms with van der Waals surface area (Å²) >= 11 is 3.37. The Morgan fingerprint density at radius 1 is 1.32 bits per heavy atom. The van der Waals surface area contributed by atoms with E-state index in [9.17, 15) is 8.42 Å². The van der Waals surface area contributed by atoms with Gasteiger partial charge in [0.1, 0.15) is 0 Å². The van der Waals surface area contributed by atoms with Crippen molar-refractivity contribution in [2.24, 2.45) is 5.41 Å². The van der Waals surface area contributed by atoms with Gasteiger partial charge in [0.25, 0.3) is 0 Å². The predicted octanol–water partition coefficient (Wildman–Crippen LogP) is 3.57. The van der Waals surface area contributed by atoms with Gasteiger partial charge in [-0.05, 0) is 58.8 Å². The molecule has 0 saturated carbocycles. The van der Waals surface area contributed by atoms with E-state index in [-0.39, 0.29) is 5.41 Å². The van der Waals surface area contributed by atoms with Gasteiger partial charge in [0.15, 0.2) is 0 Å². The number of nitrogens with zero attached hydrogens (tertiary/aromatic N) is 1. The lowest BCUT2D eigenvalue weighted by atomic mass is 9.85. The zero-order chi connectivity index (χ0) is 14.3. The van der Waals surface area contributed by atoms with E-state index in [1.165, 1.54) is 0 Å².